The van der Waals surface area contributed by atoms with Crippen molar-refractivity contribution in [3.8, 4) is 11.8 Å². The van der Waals surface area contributed by atoms with Gasteiger partial charge in [0.1, 0.15) is 0 Å². The van der Waals surface area contributed by atoms with Crippen LogP contribution in [-0.2, 0) is 23.7 Å². The van der Waals surface area contributed by atoms with Gasteiger partial charge in [-0.25, -0.2) is 0 Å². The van der Waals surface area contributed by atoms with Crippen LogP contribution in [0.2, 0.25) is 13.3 Å². The molecule has 240 valence electrons. The molecule has 0 saturated carbocycles. The van der Waals surface area contributed by atoms with Gasteiger partial charge in [-0.15, -0.1) is 0 Å². The van der Waals surface area contributed by atoms with Gasteiger partial charge in [0.25, 0.3) is 0 Å². The average molecular weight is 696 g/mol. The fourth-order valence-electron chi connectivity index (χ4n) is 5.49. The fourth-order valence-corrected chi connectivity index (χ4v) is 22.5. The summed E-state index contributed by atoms with van der Waals surface area (Å²) in [6.07, 6.45) is 11.7. The minimum atomic E-state index is -2.83. The molecule has 0 saturated heterocycles. The summed E-state index contributed by atoms with van der Waals surface area (Å²) in [7, 11) is 2.92. The molecule has 0 aliphatic rings. The van der Waals surface area contributed by atoms with E-state index in [-0.39, 0.29) is 12.7 Å². The minimum absolute atomic E-state index is 0.0931. The van der Waals surface area contributed by atoms with Gasteiger partial charge in [0.2, 0.25) is 0 Å². The second kappa shape index (κ2) is 23.9. The summed E-state index contributed by atoms with van der Waals surface area (Å²) in [6, 6.07) is 0. The van der Waals surface area contributed by atoms with Crippen molar-refractivity contribution in [3.63, 3.8) is 0 Å². The van der Waals surface area contributed by atoms with Gasteiger partial charge in [-0.3, -0.25) is 0 Å². The van der Waals surface area contributed by atoms with Gasteiger partial charge in [-0.05, 0) is 0 Å². The van der Waals surface area contributed by atoms with Crippen LogP contribution in [0.3, 0.4) is 0 Å². The molecule has 2 unspecified atom stereocenters. The summed E-state index contributed by atoms with van der Waals surface area (Å²) in [4.78, 5) is 23.3. The third-order valence-electron chi connectivity index (χ3n) is 8.04. The van der Waals surface area contributed by atoms with E-state index < -0.39 is 36.2 Å². The Morgan fingerprint density at radius 2 is 1.64 bits per heavy atom. The Kier molecular flexibility index (Phi) is 23.0. The number of unbranched alkanes of at least 4 members (excludes halogenated alkanes) is 3. The standard InChI is InChI=1S/C23H33O6.3C4H9.Sn/c1-7-8-11-15-23(4,28-18-26-5)17-21(29-22(25)27-6)13-10-9-12-20(14-16-24)19(2)3;3*1-3-4-2;/h7,16,20-21H,2,9,12,14-15,17-18H2,1,3-6H3;3*1,3-4H2,2H3;/t8?,20-,21?,23?;;;;/m0..../s1. The maximum absolute atomic E-state index is 12.2. The summed E-state index contributed by atoms with van der Waals surface area (Å²) in [5.74, 6) is 6.45. The van der Waals surface area contributed by atoms with Crippen molar-refractivity contribution in [2.75, 3.05) is 21.0 Å². The number of allylic oxidation sites excluding steroid dienone is 1. The molecule has 0 spiro atoms. The first-order chi connectivity index (χ1) is 20.1. The molecule has 0 radical (unpaired) electrons. The van der Waals surface area contributed by atoms with Crippen LogP contribution in [0.15, 0.2) is 27.5 Å². The molecular formula is C35H60O6Sn. The Hall–Kier alpha value is -1.52. The van der Waals surface area contributed by atoms with Crippen LogP contribution < -0.4 is 0 Å². The number of ether oxygens (including phenoxy) is 4. The Labute approximate surface area is 261 Å². The van der Waals surface area contributed by atoms with Crippen molar-refractivity contribution >= 4 is 30.8 Å². The molecule has 0 aromatic heterocycles. The van der Waals surface area contributed by atoms with Crippen molar-refractivity contribution in [1.82, 2.24) is 0 Å². The van der Waals surface area contributed by atoms with Gasteiger partial charge < -0.3 is 4.79 Å². The number of carbonyl (C=O) groups is 2. The first-order valence-corrected chi connectivity index (χ1v) is 23.4. The molecule has 0 N–H and O–H groups in total. The van der Waals surface area contributed by atoms with E-state index in [0.29, 0.717) is 25.7 Å². The summed E-state index contributed by atoms with van der Waals surface area (Å²) < 4.78 is 27.7. The van der Waals surface area contributed by atoms with Crippen LogP contribution in [0, 0.1) is 17.8 Å². The number of hydrogen-bond donors (Lipinski definition) is 0. The maximum atomic E-state index is 12.2. The molecule has 0 amide bonds. The van der Waals surface area contributed by atoms with Gasteiger partial charge in [-0.1, -0.05) is 0 Å². The number of rotatable bonds is 23. The fraction of sp³-hybridized carbons (Fsp3) is 0.743. The quantitative estimate of drug-likeness (QED) is 0.0202. The van der Waals surface area contributed by atoms with Crippen molar-refractivity contribution in [2.24, 2.45) is 5.92 Å². The monoisotopic (exact) mass is 696 g/mol. The molecule has 0 aromatic rings. The molecule has 0 heterocycles. The summed E-state index contributed by atoms with van der Waals surface area (Å²) >= 11 is -2.83. The van der Waals surface area contributed by atoms with E-state index in [1.54, 1.807) is 7.11 Å². The average Bonchev–Trinajstić information content (AvgIpc) is 2.97. The Morgan fingerprint density at radius 1 is 1.05 bits per heavy atom. The summed E-state index contributed by atoms with van der Waals surface area (Å²) in [6.45, 7) is 17.1. The third kappa shape index (κ3) is 16.4. The van der Waals surface area contributed by atoms with Gasteiger partial charge in [0, 0.05) is 0 Å². The van der Waals surface area contributed by atoms with Crippen LogP contribution in [0.5, 0.6) is 0 Å². The Balaban J connectivity index is 6.46. The number of hydrogen-bond acceptors (Lipinski definition) is 6. The Morgan fingerprint density at radius 3 is 2.10 bits per heavy atom. The number of methoxy groups -OCH3 is 2. The predicted molar refractivity (Wildman–Crippen MR) is 176 cm³/mol. The zero-order chi connectivity index (χ0) is 31.9. The van der Waals surface area contributed by atoms with Gasteiger partial charge in [0.15, 0.2) is 0 Å². The first-order valence-electron chi connectivity index (χ1n) is 16.0. The second-order valence-electron chi connectivity index (χ2n) is 11.8. The molecular weight excluding hydrogens is 635 g/mol. The van der Waals surface area contributed by atoms with Crippen LogP contribution in [-0.4, -0.2) is 63.5 Å². The zero-order valence-corrected chi connectivity index (χ0v) is 30.9. The molecule has 7 heteroatoms. The number of aldehydes is 1. The molecule has 0 fully saturated rings. The van der Waals surface area contributed by atoms with E-state index in [1.165, 1.54) is 62.5 Å². The van der Waals surface area contributed by atoms with Gasteiger partial charge in [0.05, 0.1) is 0 Å². The molecule has 3 atom stereocenters. The van der Waals surface area contributed by atoms with E-state index >= 15 is 0 Å². The first kappa shape index (κ1) is 40.5. The molecule has 0 aromatic carbocycles. The zero-order valence-electron chi connectivity index (χ0n) is 28.1. The molecule has 0 aliphatic carbocycles. The third-order valence-corrected chi connectivity index (χ3v) is 23.8. The summed E-state index contributed by atoms with van der Waals surface area (Å²) in [5, 5.41) is 0. The SMILES string of the molecule is C=C(C)[C@H](CC=O)CCC#CC(CC(C)(C[C](=C=CC)[Sn]([CH2]CCC)([CH2]CCC)[CH2]CCC)OCOC)OC(=O)OC. The van der Waals surface area contributed by atoms with Crippen LogP contribution in [0.25, 0.3) is 0 Å². The Bertz CT molecular complexity index is 888. The summed E-state index contributed by atoms with van der Waals surface area (Å²) in [5.41, 5.74) is 4.04. The molecule has 42 heavy (non-hydrogen) atoms. The van der Waals surface area contributed by atoms with Crippen LogP contribution in [0.1, 0.15) is 112 Å². The van der Waals surface area contributed by atoms with E-state index in [1.807, 2.05) is 6.92 Å². The van der Waals surface area contributed by atoms with Gasteiger partial charge >= 0.3 is 258 Å². The van der Waals surface area contributed by atoms with Crippen LogP contribution >= 0.6 is 0 Å². The predicted octanol–water partition coefficient (Wildman–Crippen LogP) is 9.35. The van der Waals surface area contributed by atoms with Gasteiger partial charge in [-0.2, -0.15) is 0 Å². The van der Waals surface area contributed by atoms with Crippen molar-refractivity contribution in [1.29, 1.82) is 0 Å². The topological polar surface area (TPSA) is 71.1 Å². The van der Waals surface area contributed by atoms with Crippen molar-refractivity contribution in [3.05, 3.63) is 27.5 Å². The van der Waals surface area contributed by atoms with Crippen molar-refractivity contribution < 1.29 is 28.5 Å². The molecule has 0 rings (SSSR count). The van der Waals surface area contributed by atoms with E-state index in [2.05, 4.69) is 64.8 Å². The molecule has 0 bridgehead atoms. The van der Waals surface area contributed by atoms with Crippen molar-refractivity contribution in [2.45, 2.75) is 137 Å². The molecule has 0 aliphatic heterocycles. The normalized spacial score (nSPS) is 13.9. The molecule has 6 nitrogen and oxygen atoms in total. The van der Waals surface area contributed by atoms with E-state index in [4.69, 9.17) is 18.9 Å². The van der Waals surface area contributed by atoms with Crippen LogP contribution in [0.4, 0.5) is 4.79 Å². The number of carbonyl (C=O) groups excluding carboxylic acids is 2. The van der Waals surface area contributed by atoms with E-state index in [0.717, 1.165) is 18.3 Å². The second-order valence-corrected chi connectivity index (χ2v) is 25.1. The van der Waals surface area contributed by atoms with E-state index in [9.17, 15) is 9.59 Å².